The monoisotopic (exact) mass is 160 g/mol. The lowest BCUT2D eigenvalue weighted by Gasteiger charge is -2.01. The molecule has 1 N–H and O–H groups in total. The van der Waals surface area contributed by atoms with Gasteiger partial charge in [0.05, 0.1) is 11.7 Å². The maximum atomic E-state index is 5.81. The largest absolute Gasteiger partial charge is 0.375 e. The number of nitrogens with zero attached hydrogens (tertiary/aromatic N) is 1. The number of rotatable bonds is 4. The van der Waals surface area contributed by atoms with Gasteiger partial charge in [0.25, 0.3) is 0 Å². The van der Waals surface area contributed by atoms with Crippen LogP contribution in [0, 0.1) is 0 Å². The molecule has 0 bridgehead atoms. The molecule has 0 aliphatic rings. The minimum atomic E-state index is 0.0583. The Kier molecular flexibility index (Phi) is 6.29. The van der Waals surface area contributed by atoms with E-state index in [1.807, 2.05) is 19.1 Å². The van der Waals surface area contributed by atoms with Gasteiger partial charge < -0.3 is 5.32 Å². The van der Waals surface area contributed by atoms with E-state index in [0.29, 0.717) is 0 Å². The Morgan fingerprint density at radius 2 is 2.40 bits per heavy atom. The van der Waals surface area contributed by atoms with Crippen molar-refractivity contribution in [3.05, 3.63) is 12.2 Å². The van der Waals surface area contributed by atoms with Gasteiger partial charge in [-0.05, 0) is 6.92 Å². The Labute approximate surface area is 67.0 Å². The molecule has 0 aromatic carbocycles. The second-order valence-corrected chi connectivity index (χ2v) is 2.40. The maximum Gasteiger partial charge on any atom is 0.0820 e. The van der Waals surface area contributed by atoms with Gasteiger partial charge in [-0.2, -0.15) is 0 Å². The number of nitrogens with one attached hydrogen (secondary N) is 1. The van der Waals surface area contributed by atoms with Gasteiger partial charge in [-0.25, -0.2) is 0 Å². The Balaban J connectivity index is 3.30. The summed E-state index contributed by atoms with van der Waals surface area (Å²) in [4.78, 5) is 3.75. The summed E-state index contributed by atoms with van der Waals surface area (Å²) in [5.74, 6) is 0. The van der Waals surface area contributed by atoms with E-state index in [1.54, 1.807) is 13.4 Å². The number of aliphatic imine (C=N–C) groups is 1. The summed E-state index contributed by atoms with van der Waals surface area (Å²) in [6.07, 6.45) is 5.50. The molecular formula is C7H13ClN2. The van der Waals surface area contributed by atoms with Gasteiger partial charge >= 0.3 is 0 Å². The highest BCUT2D eigenvalue weighted by Gasteiger charge is 1.93. The summed E-state index contributed by atoms with van der Waals surface area (Å²) in [7, 11) is 1.71. The van der Waals surface area contributed by atoms with Crippen LogP contribution in [0.25, 0.3) is 0 Å². The molecule has 0 aliphatic carbocycles. The third-order valence-corrected chi connectivity index (χ3v) is 1.23. The molecule has 0 rings (SSSR count). The zero-order valence-corrected chi connectivity index (χ0v) is 7.10. The average molecular weight is 161 g/mol. The van der Waals surface area contributed by atoms with Crippen LogP contribution in [-0.2, 0) is 0 Å². The lowest BCUT2D eigenvalue weighted by atomic mass is 10.4. The minimum absolute atomic E-state index is 0.0583. The molecule has 0 aromatic heterocycles. The van der Waals surface area contributed by atoms with Gasteiger partial charge in [0.1, 0.15) is 0 Å². The van der Waals surface area contributed by atoms with Gasteiger partial charge in [0.15, 0.2) is 0 Å². The Bertz CT molecular complexity index is 121. The first-order valence-electron chi connectivity index (χ1n) is 3.22. The van der Waals surface area contributed by atoms with Gasteiger partial charge in [-0.3, -0.25) is 4.99 Å². The average Bonchev–Trinajstić information content (AvgIpc) is 1.89. The van der Waals surface area contributed by atoms with Gasteiger partial charge in [0.2, 0.25) is 0 Å². The van der Waals surface area contributed by atoms with Crippen molar-refractivity contribution in [2.75, 3.05) is 13.6 Å². The number of hydrogen-bond acceptors (Lipinski definition) is 1. The predicted octanol–water partition coefficient (Wildman–Crippen LogP) is 1.42. The van der Waals surface area contributed by atoms with Crippen molar-refractivity contribution in [3.63, 3.8) is 0 Å². The normalized spacial score (nSPS) is 14.7. The van der Waals surface area contributed by atoms with Crippen LogP contribution in [0.3, 0.4) is 0 Å². The summed E-state index contributed by atoms with van der Waals surface area (Å²) in [5, 5.41) is 3.00. The Morgan fingerprint density at radius 1 is 1.70 bits per heavy atom. The quantitative estimate of drug-likeness (QED) is 0.286. The third-order valence-electron chi connectivity index (χ3n) is 0.935. The second-order valence-electron chi connectivity index (χ2n) is 1.84. The van der Waals surface area contributed by atoms with E-state index in [2.05, 4.69) is 10.3 Å². The molecule has 3 heteroatoms. The molecule has 1 atom stereocenters. The molecule has 0 saturated carbocycles. The van der Waals surface area contributed by atoms with Crippen molar-refractivity contribution >= 4 is 17.9 Å². The van der Waals surface area contributed by atoms with E-state index in [4.69, 9.17) is 11.6 Å². The van der Waals surface area contributed by atoms with E-state index < -0.39 is 0 Å². The molecule has 2 nitrogen and oxygen atoms in total. The summed E-state index contributed by atoms with van der Waals surface area (Å²) in [6.45, 7) is 2.67. The van der Waals surface area contributed by atoms with Crippen LogP contribution in [0.5, 0.6) is 0 Å². The lowest BCUT2D eigenvalue weighted by molar-refractivity contribution is 0.907. The highest BCUT2D eigenvalue weighted by atomic mass is 35.5. The molecule has 0 heterocycles. The molecule has 10 heavy (non-hydrogen) atoms. The van der Waals surface area contributed by atoms with E-state index in [-0.39, 0.29) is 5.38 Å². The zero-order chi connectivity index (χ0) is 7.82. The topological polar surface area (TPSA) is 24.4 Å². The fraction of sp³-hybridized carbons (Fsp3) is 0.571. The molecule has 0 aromatic rings. The molecule has 58 valence electrons. The first-order chi connectivity index (χ1) is 4.81. The fourth-order valence-corrected chi connectivity index (χ4v) is 0.768. The van der Waals surface area contributed by atoms with Crippen molar-refractivity contribution in [3.8, 4) is 0 Å². The zero-order valence-electron chi connectivity index (χ0n) is 6.34. The van der Waals surface area contributed by atoms with E-state index in [1.165, 1.54) is 0 Å². The predicted molar refractivity (Wildman–Crippen MR) is 46.9 cm³/mol. The van der Waals surface area contributed by atoms with Crippen molar-refractivity contribution in [1.29, 1.82) is 0 Å². The Morgan fingerprint density at radius 3 is 2.90 bits per heavy atom. The molecule has 0 amide bonds. The van der Waals surface area contributed by atoms with Crippen molar-refractivity contribution in [1.82, 2.24) is 5.32 Å². The fourth-order valence-electron chi connectivity index (χ4n) is 0.533. The van der Waals surface area contributed by atoms with Crippen LogP contribution in [0.15, 0.2) is 17.1 Å². The summed E-state index contributed by atoms with van der Waals surface area (Å²) in [5.41, 5.74) is 0. The molecule has 0 aliphatic heterocycles. The number of allylic oxidation sites excluding steroid dienone is 1. The van der Waals surface area contributed by atoms with Crippen LogP contribution in [0.1, 0.15) is 6.92 Å². The number of halogens is 1. The minimum Gasteiger partial charge on any atom is -0.375 e. The Hall–Kier alpha value is -0.500. The van der Waals surface area contributed by atoms with Gasteiger partial charge in [0, 0.05) is 13.6 Å². The SMILES string of the molecule is C/C=C\C(Cl)CNC=NC. The smallest absolute Gasteiger partial charge is 0.0820 e. The van der Waals surface area contributed by atoms with Gasteiger partial charge in [-0.15, -0.1) is 11.6 Å². The number of hydrogen-bond donors (Lipinski definition) is 1. The van der Waals surface area contributed by atoms with Crippen molar-refractivity contribution in [2.24, 2.45) is 4.99 Å². The van der Waals surface area contributed by atoms with E-state index in [0.717, 1.165) is 6.54 Å². The molecule has 0 fully saturated rings. The summed E-state index contributed by atoms with van der Waals surface area (Å²) < 4.78 is 0. The molecule has 0 spiro atoms. The van der Waals surface area contributed by atoms with Crippen LogP contribution in [-0.4, -0.2) is 25.3 Å². The molecule has 1 unspecified atom stereocenters. The third kappa shape index (κ3) is 5.63. The van der Waals surface area contributed by atoms with Crippen molar-refractivity contribution < 1.29 is 0 Å². The summed E-state index contributed by atoms with van der Waals surface area (Å²) in [6, 6.07) is 0. The number of alkyl halides is 1. The first kappa shape index (κ1) is 9.50. The van der Waals surface area contributed by atoms with Crippen LogP contribution in [0.2, 0.25) is 0 Å². The lowest BCUT2D eigenvalue weighted by Crippen LogP contribution is -2.20. The molecular weight excluding hydrogens is 148 g/mol. The van der Waals surface area contributed by atoms with Gasteiger partial charge in [-0.1, -0.05) is 12.2 Å². The second kappa shape index (κ2) is 6.62. The first-order valence-corrected chi connectivity index (χ1v) is 3.65. The van der Waals surface area contributed by atoms with E-state index >= 15 is 0 Å². The highest BCUT2D eigenvalue weighted by Crippen LogP contribution is 1.94. The summed E-state index contributed by atoms with van der Waals surface area (Å²) >= 11 is 5.81. The van der Waals surface area contributed by atoms with Crippen LogP contribution in [0.4, 0.5) is 0 Å². The standard InChI is InChI=1S/C7H13ClN2/c1-3-4-7(8)5-10-6-9-2/h3-4,6-7H,5H2,1-2H3,(H,9,10)/b4-3-. The maximum absolute atomic E-state index is 5.81. The van der Waals surface area contributed by atoms with Crippen molar-refractivity contribution in [2.45, 2.75) is 12.3 Å². The molecule has 0 radical (unpaired) electrons. The molecule has 0 saturated heterocycles. The van der Waals surface area contributed by atoms with E-state index in [9.17, 15) is 0 Å². The highest BCUT2D eigenvalue weighted by molar-refractivity contribution is 6.22. The van der Waals surface area contributed by atoms with Crippen LogP contribution >= 0.6 is 11.6 Å². The van der Waals surface area contributed by atoms with Crippen LogP contribution < -0.4 is 5.32 Å².